The lowest BCUT2D eigenvalue weighted by Crippen LogP contribution is -2.44. The van der Waals surface area contributed by atoms with E-state index >= 15 is 0 Å². The minimum absolute atomic E-state index is 0.156. The first-order valence-corrected chi connectivity index (χ1v) is 6.83. The number of carbonyl (C=O) groups is 1. The normalized spacial score (nSPS) is 12.3. The molecule has 0 heterocycles. The van der Waals surface area contributed by atoms with Crippen LogP contribution in [0.4, 0.5) is 8.78 Å². The Bertz CT molecular complexity index is 485. The first-order valence-electron chi connectivity index (χ1n) is 6.45. The predicted molar refractivity (Wildman–Crippen MR) is 75.9 cm³/mol. The number of alkyl halides is 2. The zero-order chi connectivity index (χ0) is 16.0. The van der Waals surface area contributed by atoms with Crippen LogP contribution in [0, 0.1) is 6.92 Å². The van der Waals surface area contributed by atoms with E-state index in [0.717, 1.165) is 10.5 Å². The standard InChI is InChI=1S/C14H18ClF2NO3/c1-9-7-11(15)3-4-12(9)21-10(2)14(20)18(5-6-19)8-13(16)17/h3-4,7,10,13,19H,5-6,8H2,1-2H3. The average Bonchev–Trinajstić information content (AvgIpc) is 2.40. The molecule has 0 saturated heterocycles. The molecule has 1 unspecified atom stereocenters. The van der Waals surface area contributed by atoms with Crippen LogP contribution in [-0.4, -0.2) is 48.1 Å². The first kappa shape index (κ1) is 17.7. The molecule has 1 rings (SSSR count). The number of ether oxygens (including phenoxy) is 1. The third-order valence-electron chi connectivity index (χ3n) is 2.83. The molecule has 7 heteroatoms. The minimum Gasteiger partial charge on any atom is -0.481 e. The van der Waals surface area contributed by atoms with Gasteiger partial charge in [0.05, 0.1) is 13.2 Å². The lowest BCUT2D eigenvalue weighted by atomic mass is 10.2. The van der Waals surface area contributed by atoms with E-state index in [2.05, 4.69) is 0 Å². The molecule has 1 N–H and O–H groups in total. The van der Waals surface area contributed by atoms with Gasteiger partial charge in [-0.05, 0) is 37.6 Å². The summed E-state index contributed by atoms with van der Waals surface area (Å²) in [5.41, 5.74) is 0.740. The monoisotopic (exact) mass is 321 g/mol. The van der Waals surface area contributed by atoms with Crippen molar-refractivity contribution < 1.29 is 23.4 Å². The average molecular weight is 322 g/mol. The number of aliphatic hydroxyl groups is 1. The number of nitrogens with zero attached hydrogens (tertiary/aromatic N) is 1. The second kappa shape index (κ2) is 8.14. The van der Waals surface area contributed by atoms with Gasteiger partial charge in [0.2, 0.25) is 0 Å². The van der Waals surface area contributed by atoms with E-state index in [1.165, 1.54) is 6.92 Å². The van der Waals surface area contributed by atoms with Gasteiger partial charge >= 0.3 is 0 Å². The fourth-order valence-corrected chi connectivity index (χ4v) is 2.05. The van der Waals surface area contributed by atoms with Crippen molar-refractivity contribution in [1.29, 1.82) is 0 Å². The number of benzene rings is 1. The Labute approximate surface area is 127 Å². The summed E-state index contributed by atoms with van der Waals surface area (Å²) in [6.07, 6.45) is -3.60. The molecule has 1 aromatic carbocycles. The van der Waals surface area contributed by atoms with Crippen molar-refractivity contribution in [1.82, 2.24) is 4.90 Å². The Balaban J connectivity index is 2.75. The summed E-state index contributed by atoms with van der Waals surface area (Å²) in [6.45, 7) is 1.98. The third-order valence-corrected chi connectivity index (χ3v) is 3.06. The van der Waals surface area contributed by atoms with E-state index in [4.69, 9.17) is 21.4 Å². The molecular weight excluding hydrogens is 304 g/mol. The molecule has 1 aromatic rings. The Kier molecular flexibility index (Phi) is 6.84. The van der Waals surface area contributed by atoms with Gasteiger partial charge in [-0.3, -0.25) is 4.79 Å². The highest BCUT2D eigenvalue weighted by atomic mass is 35.5. The summed E-state index contributed by atoms with van der Waals surface area (Å²) < 4.78 is 30.4. The van der Waals surface area contributed by atoms with E-state index in [0.29, 0.717) is 10.8 Å². The zero-order valence-corrected chi connectivity index (χ0v) is 12.6. The topological polar surface area (TPSA) is 49.8 Å². The highest BCUT2D eigenvalue weighted by molar-refractivity contribution is 6.30. The minimum atomic E-state index is -2.66. The van der Waals surface area contributed by atoms with E-state index in [1.54, 1.807) is 25.1 Å². The van der Waals surface area contributed by atoms with E-state index in [9.17, 15) is 13.6 Å². The molecular formula is C14H18ClF2NO3. The van der Waals surface area contributed by atoms with Crippen molar-refractivity contribution in [2.75, 3.05) is 19.7 Å². The smallest absolute Gasteiger partial charge is 0.263 e. The number of hydrogen-bond donors (Lipinski definition) is 1. The molecule has 0 radical (unpaired) electrons. The van der Waals surface area contributed by atoms with Crippen LogP contribution >= 0.6 is 11.6 Å². The molecule has 0 aliphatic carbocycles. The van der Waals surface area contributed by atoms with Gasteiger partial charge < -0.3 is 14.7 Å². The van der Waals surface area contributed by atoms with Crippen molar-refractivity contribution in [2.24, 2.45) is 0 Å². The lowest BCUT2D eigenvalue weighted by Gasteiger charge is -2.25. The molecule has 21 heavy (non-hydrogen) atoms. The van der Waals surface area contributed by atoms with Crippen molar-refractivity contribution >= 4 is 17.5 Å². The highest BCUT2D eigenvalue weighted by Gasteiger charge is 2.24. The van der Waals surface area contributed by atoms with Gasteiger partial charge in [0.15, 0.2) is 6.10 Å². The summed E-state index contributed by atoms with van der Waals surface area (Å²) >= 11 is 5.82. The van der Waals surface area contributed by atoms with E-state index < -0.39 is 25.0 Å². The summed E-state index contributed by atoms with van der Waals surface area (Å²) in [7, 11) is 0. The summed E-state index contributed by atoms with van der Waals surface area (Å²) in [5, 5.41) is 9.39. The van der Waals surface area contributed by atoms with Crippen molar-refractivity contribution in [3.8, 4) is 5.75 Å². The number of hydrogen-bond acceptors (Lipinski definition) is 3. The maximum Gasteiger partial charge on any atom is 0.263 e. The summed E-state index contributed by atoms with van der Waals surface area (Å²) in [5.74, 6) is -0.139. The first-order chi connectivity index (χ1) is 9.85. The molecule has 0 aliphatic rings. The molecule has 0 bridgehead atoms. The molecule has 1 amide bonds. The Morgan fingerprint density at radius 1 is 1.48 bits per heavy atom. The quantitative estimate of drug-likeness (QED) is 0.839. The van der Waals surface area contributed by atoms with Gasteiger partial charge in [-0.15, -0.1) is 0 Å². The number of carbonyl (C=O) groups excluding carboxylic acids is 1. The second-order valence-electron chi connectivity index (χ2n) is 4.57. The molecule has 118 valence electrons. The maximum absolute atomic E-state index is 12.4. The number of aryl methyl sites for hydroxylation is 1. The summed E-state index contributed by atoms with van der Waals surface area (Å²) in [6, 6.07) is 4.91. The van der Waals surface area contributed by atoms with E-state index in [1.807, 2.05) is 0 Å². The fourth-order valence-electron chi connectivity index (χ4n) is 1.82. The Morgan fingerprint density at radius 3 is 2.67 bits per heavy atom. The summed E-state index contributed by atoms with van der Waals surface area (Å²) in [4.78, 5) is 13.0. The van der Waals surface area contributed by atoms with Crippen molar-refractivity contribution in [3.05, 3.63) is 28.8 Å². The van der Waals surface area contributed by atoms with Gasteiger partial charge in [0.25, 0.3) is 12.3 Å². The van der Waals surface area contributed by atoms with Crippen LogP contribution in [0.3, 0.4) is 0 Å². The van der Waals surface area contributed by atoms with Gasteiger partial charge in [0.1, 0.15) is 5.75 Å². The highest BCUT2D eigenvalue weighted by Crippen LogP contribution is 2.23. The fraction of sp³-hybridized carbons (Fsp3) is 0.500. The maximum atomic E-state index is 12.4. The molecule has 0 spiro atoms. The van der Waals surface area contributed by atoms with Crippen molar-refractivity contribution in [2.45, 2.75) is 26.4 Å². The SMILES string of the molecule is Cc1cc(Cl)ccc1OC(C)C(=O)N(CCO)CC(F)F. The Hall–Kier alpha value is -1.40. The number of amides is 1. The van der Waals surface area contributed by atoms with Crippen LogP contribution < -0.4 is 4.74 Å². The van der Waals surface area contributed by atoms with Gasteiger partial charge in [-0.25, -0.2) is 8.78 Å². The van der Waals surface area contributed by atoms with Crippen LogP contribution in [0.25, 0.3) is 0 Å². The third kappa shape index (κ3) is 5.47. The second-order valence-corrected chi connectivity index (χ2v) is 5.01. The molecule has 0 fully saturated rings. The molecule has 0 aliphatic heterocycles. The van der Waals surface area contributed by atoms with Gasteiger partial charge in [0, 0.05) is 11.6 Å². The van der Waals surface area contributed by atoms with Crippen LogP contribution in [0.2, 0.25) is 5.02 Å². The van der Waals surface area contributed by atoms with E-state index in [-0.39, 0.29) is 13.2 Å². The van der Waals surface area contributed by atoms with Crippen molar-refractivity contribution in [3.63, 3.8) is 0 Å². The predicted octanol–water partition coefficient (Wildman–Crippen LogP) is 2.50. The van der Waals surface area contributed by atoms with Crippen LogP contribution in [-0.2, 0) is 4.79 Å². The van der Waals surface area contributed by atoms with Gasteiger partial charge in [-0.2, -0.15) is 0 Å². The van der Waals surface area contributed by atoms with Crippen LogP contribution in [0.15, 0.2) is 18.2 Å². The Morgan fingerprint density at radius 2 is 2.14 bits per heavy atom. The lowest BCUT2D eigenvalue weighted by molar-refractivity contribution is -0.140. The molecule has 0 saturated carbocycles. The molecule has 0 aromatic heterocycles. The number of halogens is 3. The van der Waals surface area contributed by atoms with Crippen LogP contribution in [0.5, 0.6) is 5.75 Å². The number of aliphatic hydroxyl groups excluding tert-OH is 1. The molecule has 4 nitrogen and oxygen atoms in total. The van der Waals surface area contributed by atoms with Crippen LogP contribution in [0.1, 0.15) is 12.5 Å². The van der Waals surface area contributed by atoms with Gasteiger partial charge in [-0.1, -0.05) is 11.6 Å². The zero-order valence-electron chi connectivity index (χ0n) is 11.9. The number of rotatable bonds is 7. The molecule has 1 atom stereocenters. The largest absolute Gasteiger partial charge is 0.481 e.